The van der Waals surface area contributed by atoms with E-state index in [0.29, 0.717) is 23.4 Å². The Hall–Kier alpha value is -4.27. The average molecular weight is 615 g/mol. The van der Waals surface area contributed by atoms with Crippen LogP contribution in [0.3, 0.4) is 0 Å². The number of carbonyl (C=O) groups excluding carboxylic acids is 2. The van der Waals surface area contributed by atoms with E-state index in [4.69, 9.17) is 4.74 Å². The third-order valence-electron chi connectivity index (χ3n) is 7.34. The zero-order valence-corrected chi connectivity index (χ0v) is 26.6. The molecular weight excluding hydrogens is 571 g/mol. The lowest BCUT2D eigenvalue weighted by atomic mass is 9.94. The number of hydrogen-bond donors (Lipinski definition) is 3. The van der Waals surface area contributed by atoms with Gasteiger partial charge in [0.25, 0.3) is 5.91 Å². The third kappa shape index (κ3) is 8.90. The molecule has 45 heavy (non-hydrogen) atoms. The van der Waals surface area contributed by atoms with E-state index < -0.39 is 23.8 Å². The van der Waals surface area contributed by atoms with E-state index in [1.165, 1.54) is 12.1 Å². The van der Waals surface area contributed by atoms with Crippen LogP contribution in [-0.4, -0.2) is 44.5 Å². The minimum atomic E-state index is -1.08. The first-order valence-electron chi connectivity index (χ1n) is 15.4. The zero-order valence-electron chi connectivity index (χ0n) is 26.6. The summed E-state index contributed by atoms with van der Waals surface area (Å²) in [6, 6.07) is 25.0. The second-order valence-corrected chi connectivity index (χ2v) is 12.6. The molecule has 1 aromatic heterocycles. The standard InChI is InChI=1S/C37H43FN2O5/c1-24(2)34-33(36(44)39-28-14-10-7-11-15-28)32(25-12-8-6-9-13-25)35(26-16-18-27(38)19-17-26)40(34)21-20-29(41)22-30(42)23-31(43)45-37(3,4)5/h6-19,24,29-30,41-42H,20-23H2,1-5H3,(H,39,44)/t29-,30?/m1/s1. The predicted octanol–water partition coefficient (Wildman–Crippen LogP) is 7.57. The van der Waals surface area contributed by atoms with Crippen LogP contribution < -0.4 is 5.32 Å². The topological polar surface area (TPSA) is 101 Å². The molecule has 0 aliphatic rings. The largest absolute Gasteiger partial charge is 0.460 e. The third-order valence-corrected chi connectivity index (χ3v) is 7.34. The smallest absolute Gasteiger partial charge is 0.308 e. The van der Waals surface area contributed by atoms with Gasteiger partial charge in [0.2, 0.25) is 0 Å². The van der Waals surface area contributed by atoms with E-state index in [0.717, 1.165) is 22.5 Å². The highest BCUT2D eigenvalue weighted by Crippen LogP contribution is 2.42. The number of para-hydroxylation sites is 1. The van der Waals surface area contributed by atoms with Gasteiger partial charge >= 0.3 is 5.97 Å². The van der Waals surface area contributed by atoms with E-state index in [1.807, 2.05) is 79.1 Å². The van der Waals surface area contributed by atoms with Gasteiger partial charge < -0.3 is 24.8 Å². The first-order chi connectivity index (χ1) is 21.3. The predicted molar refractivity (Wildman–Crippen MR) is 175 cm³/mol. The van der Waals surface area contributed by atoms with Crippen LogP contribution in [0.4, 0.5) is 10.1 Å². The van der Waals surface area contributed by atoms with Crippen molar-refractivity contribution in [3.8, 4) is 22.4 Å². The van der Waals surface area contributed by atoms with Crippen molar-refractivity contribution in [3.05, 3.63) is 102 Å². The Balaban J connectivity index is 1.78. The number of anilines is 1. The Bertz CT molecular complexity index is 1580. The molecule has 238 valence electrons. The van der Waals surface area contributed by atoms with Crippen molar-refractivity contribution in [1.82, 2.24) is 4.57 Å². The number of carbonyl (C=O) groups is 2. The van der Waals surface area contributed by atoms with Gasteiger partial charge in [-0.1, -0.05) is 62.4 Å². The highest BCUT2D eigenvalue weighted by atomic mass is 19.1. The van der Waals surface area contributed by atoms with Crippen molar-refractivity contribution in [1.29, 1.82) is 0 Å². The molecule has 1 heterocycles. The molecule has 3 aromatic carbocycles. The summed E-state index contributed by atoms with van der Waals surface area (Å²) in [6.45, 7) is 9.59. The molecule has 0 bridgehead atoms. The summed E-state index contributed by atoms with van der Waals surface area (Å²) in [4.78, 5) is 26.4. The molecule has 4 rings (SSSR count). The lowest BCUT2D eigenvalue weighted by molar-refractivity contribution is -0.157. The van der Waals surface area contributed by atoms with Crippen LogP contribution in [0.25, 0.3) is 22.4 Å². The van der Waals surface area contributed by atoms with Gasteiger partial charge in [0.05, 0.1) is 29.9 Å². The molecule has 0 radical (unpaired) electrons. The van der Waals surface area contributed by atoms with Gasteiger partial charge in [0.1, 0.15) is 11.4 Å². The highest BCUT2D eigenvalue weighted by molar-refractivity contribution is 6.12. The number of nitrogens with zero attached hydrogens (tertiary/aromatic N) is 1. The van der Waals surface area contributed by atoms with Crippen LogP contribution in [0.15, 0.2) is 84.9 Å². The zero-order chi connectivity index (χ0) is 32.7. The monoisotopic (exact) mass is 614 g/mol. The maximum absolute atomic E-state index is 14.2. The van der Waals surface area contributed by atoms with Crippen molar-refractivity contribution in [3.63, 3.8) is 0 Å². The fraction of sp³-hybridized carbons (Fsp3) is 0.351. The molecule has 2 atom stereocenters. The summed E-state index contributed by atoms with van der Waals surface area (Å²) in [5.74, 6) is -1.29. The molecule has 0 fully saturated rings. The number of aliphatic hydroxyl groups excluding tert-OH is 2. The number of esters is 1. The van der Waals surface area contributed by atoms with Crippen LogP contribution in [0.1, 0.15) is 75.9 Å². The summed E-state index contributed by atoms with van der Waals surface area (Å²) in [7, 11) is 0. The molecule has 0 aliphatic carbocycles. The van der Waals surface area contributed by atoms with Crippen molar-refractivity contribution in [2.24, 2.45) is 0 Å². The number of halogens is 1. The summed E-state index contributed by atoms with van der Waals surface area (Å²) >= 11 is 0. The fourth-order valence-corrected chi connectivity index (χ4v) is 5.58. The molecule has 8 heteroatoms. The second-order valence-electron chi connectivity index (χ2n) is 12.6. The van der Waals surface area contributed by atoms with Gasteiger partial charge in [0, 0.05) is 23.5 Å². The Labute approximate surface area is 264 Å². The Kier molecular flexibility index (Phi) is 11.0. The van der Waals surface area contributed by atoms with Crippen LogP contribution in [-0.2, 0) is 16.1 Å². The highest BCUT2D eigenvalue weighted by Gasteiger charge is 2.31. The van der Waals surface area contributed by atoms with Crippen molar-refractivity contribution in [2.45, 2.75) is 84.2 Å². The second kappa shape index (κ2) is 14.7. The molecule has 0 aliphatic heterocycles. The van der Waals surface area contributed by atoms with Crippen LogP contribution in [0, 0.1) is 5.82 Å². The van der Waals surface area contributed by atoms with E-state index >= 15 is 0 Å². The number of rotatable bonds is 12. The van der Waals surface area contributed by atoms with E-state index in [9.17, 15) is 24.2 Å². The van der Waals surface area contributed by atoms with Crippen molar-refractivity contribution in [2.75, 3.05) is 5.32 Å². The summed E-state index contributed by atoms with van der Waals surface area (Å²) in [6.07, 6.45) is -2.02. The van der Waals surface area contributed by atoms with Gasteiger partial charge in [-0.05, 0) is 87.1 Å². The maximum atomic E-state index is 14.2. The molecule has 4 aromatic rings. The summed E-state index contributed by atoms with van der Waals surface area (Å²) < 4.78 is 21.4. The molecule has 3 N–H and O–H groups in total. The number of aliphatic hydroxyl groups is 2. The summed E-state index contributed by atoms with van der Waals surface area (Å²) in [5.41, 5.74) is 4.22. The number of nitrogens with one attached hydrogen (secondary N) is 1. The molecule has 0 spiro atoms. The number of amides is 1. The Morgan fingerprint density at radius 3 is 2.04 bits per heavy atom. The van der Waals surface area contributed by atoms with Gasteiger partial charge in [-0.15, -0.1) is 0 Å². The molecular formula is C37H43FN2O5. The minimum absolute atomic E-state index is 0.0176. The van der Waals surface area contributed by atoms with E-state index in [2.05, 4.69) is 5.32 Å². The quantitative estimate of drug-likeness (QED) is 0.143. The van der Waals surface area contributed by atoms with Gasteiger partial charge in [-0.2, -0.15) is 0 Å². The van der Waals surface area contributed by atoms with Crippen molar-refractivity contribution < 1.29 is 28.9 Å². The SMILES string of the molecule is CC(C)c1c(C(=O)Nc2ccccc2)c(-c2ccccc2)c(-c2ccc(F)cc2)n1CC[C@@H](O)CC(O)CC(=O)OC(C)(C)C. The molecule has 7 nitrogen and oxygen atoms in total. The van der Waals surface area contributed by atoms with Gasteiger partial charge in [-0.3, -0.25) is 9.59 Å². The number of aromatic nitrogens is 1. The van der Waals surface area contributed by atoms with Crippen LogP contribution >= 0.6 is 0 Å². The van der Waals surface area contributed by atoms with Gasteiger partial charge in [-0.25, -0.2) is 4.39 Å². The van der Waals surface area contributed by atoms with Crippen molar-refractivity contribution >= 4 is 17.6 Å². The van der Waals surface area contributed by atoms with Crippen LogP contribution in [0.2, 0.25) is 0 Å². The van der Waals surface area contributed by atoms with Gasteiger partial charge in [0.15, 0.2) is 0 Å². The normalized spacial score (nSPS) is 13.0. The number of ether oxygens (including phenoxy) is 1. The average Bonchev–Trinajstić information content (AvgIpc) is 3.32. The molecule has 1 unspecified atom stereocenters. The molecule has 0 saturated carbocycles. The number of hydrogen-bond acceptors (Lipinski definition) is 5. The minimum Gasteiger partial charge on any atom is -0.460 e. The Morgan fingerprint density at radius 1 is 0.867 bits per heavy atom. The van der Waals surface area contributed by atoms with Crippen LogP contribution in [0.5, 0.6) is 0 Å². The first-order valence-corrected chi connectivity index (χ1v) is 15.4. The summed E-state index contributed by atoms with van der Waals surface area (Å²) in [5, 5.41) is 24.6. The number of benzene rings is 3. The lowest BCUT2D eigenvalue weighted by Crippen LogP contribution is -2.28. The molecule has 1 amide bonds. The Morgan fingerprint density at radius 2 is 1.47 bits per heavy atom. The molecule has 0 saturated heterocycles. The van der Waals surface area contributed by atoms with E-state index in [1.54, 1.807) is 32.9 Å². The maximum Gasteiger partial charge on any atom is 0.308 e. The van der Waals surface area contributed by atoms with E-state index in [-0.39, 0.29) is 36.9 Å². The fourth-order valence-electron chi connectivity index (χ4n) is 5.58. The first kappa shape index (κ1) is 33.6. The lowest BCUT2D eigenvalue weighted by Gasteiger charge is -2.22.